The number of carbonyl (C=O) groups is 3. The highest BCUT2D eigenvalue weighted by Gasteiger charge is 2.40. The topological polar surface area (TPSA) is 183 Å². The van der Waals surface area contributed by atoms with Crippen LogP contribution >= 0.6 is 0 Å². The molecule has 3 atom stereocenters. The quantitative estimate of drug-likeness (QED) is 0.211. The van der Waals surface area contributed by atoms with Crippen molar-refractivity contribution < 1.29 is 33.0 Å². The minimum Gasteiger partial charge on any atom is -0.504 e. The number of carbonyl (C=O) groups excluding carboxylic acids is 3. The molecule has 3 unspecified atom stereocenters. The molecule has 282 valence electrons. The number of halogens is 2. The van der Waals surface area contributed by atoms with Gasteiger partial charge >= 0.3 is 0 Å². The van der Waals surface area contributed by atoms with E-state index in [1.165, 1.54) is 18.2 Å². The number of nitrogens with zero attached hydrogens (tertiary/aromatic N) is 5. The Morgan fingerprint density at radius 2 is 1.87 bits per heavy atom. The van der Waals surface area contributed by atoms with Gasteiger partial charge in [0.2, 0.25) is 11.8 Å². The molecule has 0 spiro atoms. The van der Waals surface area contributed by atoms with Crippen LogP contribution in [-0.4, -0.2) is 100.0 Å². The summed E-state index contributed by atoms with van der Waals surface area (Å²) >= 11 is 0. The monoisotopic (exact) mass is 741 g/mol. The number of pyridine rings is 1. The van der Waals surface area contributed by atoms with E-state index < -0.39 is 29.3 Å². The molecule has 3 fully saturated rings. The van der Waals surface area contributed by atoms with Crippen LogP contribution < -0.4 is 31.7 Å². The fourth-order valence-corrected chi connectivity index (χ4v) is 8.01. The van der Waals surface area contributed by atoms with Crippen molar-refractivity contribution in [2.24, 2.45) is 11.5 Å². The Morgan fingerprint density at radius 1 is 1.06 bits per heavy atom. The minimum absolute atomic E-state index is 0.0201. The van der Waals surface area contributed by atoms with Gasteiger partial charge in [0.25, 0.3) is 11.8 Å². The summed E-state index contributed by atoms with van der Waals surface area (Å²) in [5.74, 6) is -2.52. The number of anilines is 1. The first-order chi connectivity index (χ1) is 26.0. The molecule has 8 rings (SSSR count). The van der Waals surface area contributed by atoms with Gasteiger partial charge in [0, 0.05) is 87.4 Å². The van der Waals surface area contributed by atoms with Crippen LogP contribution in [-0.2, 0) is 22.7 Å². The number of benzene rings is 2. The summed E-state index contributed by atoms with van der Waals surface area (Å²) in [5.41, 5.74) is 16.5. The van der Waals surface area contributed by atoms with Crippen molar-refractivity contribution in [1.82, 2.24) is 30.3 Å². The third-order valence-corrected chi connectivity index (χ3v) is 10.9. The number of piperazine rings is 1. The van der Waals surface area contributed by atoms with Gasteiger partial charge in [0.1, 0.15) is 18.0 Å². The van der Waals surface area contributed by atoms with Crippen molar-refractivity contribution in [3.8, 4) is 11.6 Å². The van der Waals surface area contributed by atoms with Gasteiger partial charge in [-0.3, -0.25) is 24.6 Å². The summed E-state index contributed by atoms with van der Waals surface area (Å²) in [5, 5.41) is 15.7. The number of amides is 3. The zero-order valence-corrected chi connectivity index (χ0v) is 29.4. The van der Waals surface area contributed by atoms with E-state index in [4.69, 9.17) is 16.2 Å². The predicted molar refractivity (Wildman–Crippen MR) is 193 cm³/mol. The van der Waals surface area contributed by atoms with Crippen LogP contribution in [0.2, 0.25) is 0 Å². The molecule has 0 saturated carbocycles. The zero-order chi connectivity index (χ0) is 37.7. The number of phenolic OH excluding ortho intramolecular Hbond substituents is 1. The number of allylic oxidation sites excluding steroid dienone is 1. The Hall–Kier alpha value is -5.90. The smallest absolute Gasteiger partial charge is 0.255 e. The molecular weight excluding hydrogens is 700 g/mol. The Labute approximate surface area is 310 Å². The van der Waals surface area contributed by atoms with E-state index in [1.807, 2.05) is 23.1 Å². The molecule has 5 aliphatic rings. The third kappa shape index (κ3) is 6.72. The van der Waals surface area contributed by atoms with Crippen LogP contribution in [0.1, 0.15) is 46.3 Å². The number of aromatic hydroxyl groups is 1. The number of ether oxygens (including phenoxy) is 1. The summed E-state index contributed by atoms with van der Waals surface area (Å²) in [6.07, 6.45) is 3.95. The molecule has 0 bridgehead atoms. The molecule has 2 aromatic carbocycles. The van der Waals surface area contributed by atoms with Gasteiger partial charge in [-0.2, -0.15) is 0 Å². The van der Waals surface area contributed by atoms with Crippen molar-refractivity contribution in [1.29, 1.82) is 0 Å². The second-order valence-corrected chi connectivity index (χ2v) is 14.3. The number of piperidine rings is 1. The zero-order valence-electron chi connectivity index (χ0n) is 29.4. The van der Waals surface area contributed by atoms with Crippen LogP contribution in [0.5, 0.6) is 11.6 Å². The summed E-state index contributed by atoms with van der Waals surface area (Å²) in [6, 6.07) is 10.7. The van der Waals surface area contributed by atoms with Crippen LogP contribution in [0.3, 0.4) is 0 Å². The van der Waals surface area contributed by atoms with Crippen molar-refractivity contribution in [3.63, 3.8) is 0 Å². The fraction of sp³-hybridized carbons (Fsp3) is 0.368. The number of fused-ring (bicyclic) bond motifs is 2. The number of nitrogens with one attached hydrogen (secondary N) is 2. The van der Waals surface area contributed by atoms with E-state index in [9.17, 15) is 23.9 Å². The molecule has 0 aliphatic carbocycles. The van der Waals surface area contributed by atoms with E-state index in [-0.39, 0.29) is 47.5 Å². The number of imide groups is 1. The Kier molecular flexibility index (Phi) is 9.21. The molecule has 5 aliphatic heterocycles. The fourth-order valence-electron chi connectivity index (χ4n) is 8.01. The molecule has 16 heteroatoms. The molecule has 1 aromatic heterocycles. The number of hydrogen-bond donors (Lipinski definition) is 5. The van der Waals surface area contributed by atoms with E-state index in [0.717, 1.165) is 36.0 Å². The minimum atomic E-state index is -0.780. The standard InChI is InChI=1S/C38H41F2N9O5/c39-28-3-1-2-26(34(28)51)30(41)15-32-35(42)43-17-24-13-25(20-48(24)32)54-37-29(40)12-21(16-44-37)18-46-8-10-47(11-9-46)23-5-4-22-19-49(38(53)27(22)14-23)31-6-7-33(50)45-36(31)52/h1-5,12,14-16,24-25,31,43,51H,6-11,13,17-20,41-42H2,(H,45,50,52)/b30-15-. The van der Waals surface area contributed by atoms with E-state index in [0.29, 0.717) is 69.2 Å². The second kappa shape index (κ2) is 14.2. The van der Waals surface area contributed by atoms with Crippen molar-refractivity contribution >= 4 is 29.1 Å². The van der Waals surface area contributed by atoms with Gasteiger partial charge in [-0.25, -0.2) is 13.8 Å². The lowest BCUT2D eigenvalue weighted by Crippen LogP contribution is -2.52. The van der Waals surface area contributed by atoms with E-state index in [2.05, 4.69) is 25.4 Å². The first-order valence-electron chi connectivity index (χ1n) is 18.0. The number of aromatic nitrogens is 1. The molecule has 0 radical (unpaired) electrons. The molecule has 3 amide bonds. The normalized spacial score (nSPS) is 23.4. The SMILES string of the molecule is NC1=C(/C=C(\N)c2cccc(F)c2O)N2CC(Oc3ncc(CN4CCN(c5ccc6c(c5)C(=O)N(C5CCC(=O)NC5=O)C6)CC4)cc3F)CC2CN1. The van der Waals surface area contributed by atoms with E-state index in [1.54, 1.807) is 17.2 Å². The molecule has 14 nitrogen and oxygen atoms in total. The summed E-state index contributed by atoms with van der Waals surface area (Å²) in [7, 11) is 0. The summed E-state index contributed by atoms with van der Waals surface area (Å²) in [4.78, 5) is 49.6. The first kappa shape index (κ1) is 35.1. The van der Waals surface area contributed by atoms with Gasteiger partial charge < -0.3 is 41.3 Å². The summed E-state index contributed by atoms with van der Waals surface area (Å²) < 4.78 is 35.4. The Bertz CT molecular complexity index is 2090. The molecule has 3 saturated heterocycles. The van der Waals surface area contributed by atoms with Crippen molar-refractivity contribution in [2.75, 3.05) is 44.2 Å². The van der Waals surface area contributed by atoms with Gasteiger partial charge in [0.15, 0.2) is 17.4 Å². The average molecular weight is 742 g/mol. The summed E-state index contributed by atoms with van der Waals surface area (Å²) in [6.45, 7) is 4.64. The van der Waals surface area contributed by atoms with Crippen LogP contribution in [0.15, 0.2) is 66.3 Å². The largest absolute Gasteiger partial charge is 0.504 e. The Balaban J connectivity index is 0.852. The maximum absolute atomic E-state index is 15.4. The highest BCUT2D eigenvalue weighted by molar-refractivity contribution is 6.05. The number of rotatable bonds is 8. The van der Waals surface area contributed by atoms with Crippen LogP contribution in [0.4, 0.5) is 14.5 Å². The molecular formula is C38H41F2N9O5. The maximum atomic E-state index is 15.4. The molecule has 3 aromatic rings. The lowest BCUT2D eigenvalue weighted by Gasteiger charge is -2.36. The number of nitrogens with two attached hydrogens (primary N) is 2. The van der Waals surface area contributed by atoms with Crippen molar-refractivity contribution in [3.05, 3.63) is 100 Å². The highest BCUT2D eigenvalue weighted by atomic mass is 19.1. The first-order valence-corrected chi connectivity index (χ1v) is 18.0. The van der Waals surface area contributed by atoms with Gasteiger partial charge in [-0.15, -0.1) is 0 Å². The molecule has 6 heterocycles. The molecule has 54 heavy (non-hydrogen) atoms. The van der Waals surface area contributed by atoms with Gasteiger partial charge in [0.05, 0.1) is 18.3 Å². The average Bonchev–Trinajstić information content (AvgIpc) is 3.72. The number of phenols is 1. The lowest BCUT2D eigenvalue weighted by molar-refractivity contribution is -0.136. The van der Waals surface area contributed by atoms with Gasteiger partial charge in [-0.05, 0) is 54.0 Å². The number of hydrogen-bond acceptors (Lipinski definition) is 12. The highest BCUT2D eigenvalue weighted by Crippen LogP contribution is 2.34. The maximum Gasteiger partial charge on any atom is 0.255 e. The van der Waals surface area contributed by atoms with Crippen LogP contribution in [0, 0.1) is 11.6 Å². The van der Waals surface area contributed by atoms with E-state index >= 15 is 4.39 Å². The van der Waals surface area contributed by atoms with Gasteiger partial charge in [-0.1, -0.05) is 12.1 Å². The third-order valence-electron chi connectivity index (χ3n) is 10.9. The van der Waals surface area contributed by atoms with Crippen LogP contribution in [0.25, 0.3) is 5.70 Å². The second-order valence-electron chi connectivity index (χ2n) is 14.3. The molecule has 7 N–H and O–H groups in total. The number of para-hydroxylation sites is 1. The Morgan fingerprint density at radius 3 is 2.65 bits per heavy atom. The van der Waals surface area contributed by atoms with Crippen molar-refractivity contribution in [2.45, 2.75) is 50.5 Å². The predicted octanol–water partition coefficient (Wildman–Crippen LogP) is 1.70. The lowest BCUT2D eigenvalue weighted by atomic mass is 10.0.